The van der Waals surface area contributed by atoms with Crippen molar-refractivity contribution in [2.24, 2.45) is 0 Å². The number of nitrogens with one attached hydrogen (secondary N) is 1. The van der Waals surface area contributed by atoms with Crippen LogP contribution in [0.15, 0.2) is 34.7 Å². The van der Waals surface area contributed by atoms with Crippen LogP contribution in [0.3, 0.4) is 0 Å². The summed E-state index contributed by atoms with van der Waals surface area (Å²) in [4.78, 5) is 16.6. The molecule has 4 rings (SSSR count). The van der Waals surface area contributed by atoms with Crippen molar-refractivity contribution >= 4 is 43.6 Å². The zero-order valence-electron chi connectivity index (χ0n) is 13.7. The molecule has 0 saturated carbocycles. The van der Waals surface area contributed by atoms with E-state index in [0.29, 0.717) is 21.6 Å². The van der Waals surface area contributed by atoms with Crippen LogP contribution in [0.2, 0.25) is 0 Å². The number of ether oxygens (including phenoxy) is 1. The van der Waals surface area contributed by atoms with Gasteiger partial charge in [-0.2, -0.15) is 0 Å². The molecule has 0 aliphatic carbocycles. The number of aryl methyl sites for hydroxylation is 1. The Morgan fingerprint density at radius 2 is 2.08 bits per heavy atom. The van der Waals surface area contributed by atoms with Gasteiger partial charge in [0.2, 0.25) is 0 Å². The van der Waals surface area contributed by atoms with E-state index in [9.17, 15) is 13.6 Å². The van der Waals surface area contributed by atoms with Crippen molar-refractivity contribution in [1.29, 1.82) is 0 Å². The number of amides is 1. The van der Waals surface area contributed by atoms with Crippen LogP contribution in [0.1, 0.15) is 16.1 Å². The molecular weight excluding hydrogens is 362 g/mol. The molecule has 0 aliphatic rings. The highest BCUT2D eigenvalue weighted by molar-refractivity contribution is 7.22. The summed E-state index contributed by atoms with van der Waals surface area (Å²) in [5.41, 5.74) is 1.21. The number of carbonyl (C=O) groups excluding carboxylic acids is 1. The van der Waals surface area contributed by atoms with Gasteiger partial charge in [0.15, 0.2) is 16.7 Å². The maximum atomic E-state index is 13.8. The first-order chi connectivity index (χ1) is 12.5. The standard InChI is InChI=1S/C18H12F2N2O3S/c1-8-11-7-10(24-2)3-4-13(11)25-16(8)17(23)22-18-21-15-12(20)5-9(19)6-14(15)26-18/h3-7H,1-2H3,(H,21,22,23). The lowest BCUT2D eigenvalue weighted by Gasteiger charge is -1.99. The van der Waals surface area contributed by atoms with Crippen molar-refractivity contribution in [3.63, 3.8) is 0 Å². The summed E-state index contributed by atoms with van der Waals surface area (Å²) in [6.07, 6.45) is 0. The summed E-state index contributed by atoms with van der Waals surface area (Å²) in [6.45, 7) is 1.76. The molecule has 2 aromatic heterocycles. The zero-order valence-corrected chi connectivity index (χ0v) is 14.5. The average molecular weight is 374 g/mol. The molecule has 1 amide bonds. The number of fused-ring (bicyclic) bond motifs is 2. The van der Waals surface area contributed by atoms with Gasteiger partial charge in [0, 0.05) is 17.0 Å². The minimum absolute atomic E-state index is 0.0118. The first-order valence-corrected chi connectivity index (χ1v) is 8.42. The van der Waals surface area contributed by atoms with Gasteiger partial charge in [-0.1, -0.05) is 11.3 Å². The van der Waals surface area contributed by atoms with E-state index in [2.05, 4.69) is 10.3 Å². The van der Waals surface area contributed by atoms with Gasteiger partial charge in [0.25, 0.3) is 5.91 Å². The molecule has 26 heavy (non-hydrogen) atoms. The second-order valence-electron chi connectivity index (χ2n) is 5.63. The highest BCUT2D eigenvalue weighted by Gasteiger charge is 2.20. The molecule has 0 fully saturated rings. The summed E-state index contributed by atoms with van der Waals surface area (Å²) in [6, 6.07) is 7.15. The molecule has 0 saturated heterocycles. The van der Waals surface area contributed by atoms with E-state index in [1.54, 1.807) is 32.2 Å². The number of methoxy groups -OCH3 is 1. The van der Waals surface area contributed by atoms with Crippen LogP contribution in [0.25, 0.3) is 21.2 Å². The molecule has 5 nitrogen and oxygen atoms in total. The van der Waals surface area contributed by atoms with E-state index in [0.717, 1.165) is 22.8 Å². The van der Waals surface area contributed by atoms with Crippen LogP contribution in [0, 0.1) is 18.6 Å². The minimum atomic E-state index is -0.774. The molecule has 2 aromatic carbocycles. The Kier molecular flexibility index (Phi) is 3.84. The van der Waals surface area contributed by atoms with Gasteiger partial charge in [-0.3, -0.25) is 10.1 Å². The monoisotopic (exact) mass is 374 g/mol. The van der Waals surface area contributed by atoms with E-state index in [1.165, 1.54) is 6.07 Å². The zero-order chi connectivity index (χ0) is 18.4. The van der Waals surface area contributed by atoms with E-state index in [4.69, 9.17) is 9.15 Å². The van der Waals surface area contributed by atoms with Crippen molar-refractivity contribution in [1.82, 2.24) is 4.98 Å². The maximum absolute atomic E-state index is 13.8. The molecule has 0 spiro atoms. The van der Waals surface area contributed by atoms with Crippen LogP contribution >= 0.6 is 11.3 Å². The third kappa shape index (κ3) is 2.68. The van der Waals surface area contributed by atoms with E-state index in [1.807, 2.05) is 0 Å². The van der Waals surface area contributed by atoms with E-state index >= 15 is 0 Å². The first-order valence-electron chi connectivity index (χ1n) is 7.60. The Labute approximate surface area is 150 Å². The predicted octanol–water partition coefficient (Wildman–Crippen LogP) is 4.89. The predicted molar refractivity (Wildman–Crippen MR) is 95.0 cm³/mol. The molecule has 0 atom stereocenters. The number of nitrogens with zero attached hydrogens (tertiary/aromatic N) is 1. The topological polar surface area (TPSA) is 64.4 Å². The van der Waals surface area contributed by atoms with Gasteiger partial charge in [0.05, 0.1) is 11.8 Å². The second kappa shape index (κ2) is 6.06. The number of carbonyl (C=O) groups is 1. The fourth-order valence-electron chi connectivity index (χ4n) is 2.71. The summed E-state index contributed by atoms with van der Waals surface area (Å²) >= 11 is 0.983. The Balaban J connectivity index is 1.69. The van der Waals surface area contributed by atoms with E-state index in [-0.39, 0.29) is 16.4 Å². The molecule has 0 bridgehead atoms. The SMILES string of the molecule is COc1ccc2oc(C(=O)Nc3nc4c(F)cc(F)cc4s3)c(C)c2c1. The number of anilines is 1. The third-order valence-electron chi connectivity index (χ3n) is 3.98. The number of thiazole rings is 1. The fourth-order valence-corrected chi connectivity index (χ4v) is 3.61. The van der Waals surface area contributed by atoms with Crippen molar-refractivity contribution < 1.29 is 22.7 Å². The average Bonchev–Trinajstić information content (AvgIpc) is 3.15. The minimum Gasteiger partial charge on any atom is -0.497 e. The highest BCUT2D eigenvalue weighted by Crippen LogP contribution is 2.31. The second-order valence-corrected chi connectivity index (χ2v) is 6.66. The van der Waals surface area contributed by atoms with E-state index < -0.39 is 17.5 Å². The van der Waals surface area contributed by atoms with Crippen LogP contribution in [0.5, 0.6) is 5.75 Å². The van der Waals surface area contributed by atoms with Crippen LogP contribution < -0.4 is 10.1 Å². The smallest absolute Gasteiger partial charge is 0.293 e. The van der Waals surface area contributed by atoms with Gasteiger partial charge in [0.1, 0.15) is 22.7 Å². The Morgan fingerprint density at radius 3 is 2.85 bits per heavy atom. The number of benzene rings is 2. The maximum Gasteiger partial charge on any atom is 0.293 e. The molecule has 0 unspecified atom stereocenters. The van der Waals surface area contributed by atoms with Crippen molar-refractivity contribution in [2.75, 3.05) is 12.4 Å². The van der Waals surface area contributed by atoms with Crippen LogP contribution in [-0.4, -0.2) is 18.0 Å². The summed E-state index contributed by atoms with van der Waals surface area (Å²) in [5, 5.41) is 3.49. The molecule has 0 radical (unpaired) electrons. The Morgan fingerprint density at radius 1 is 1.27 bits per heavy atom. The number of hydrogen-bond donors (Lipinski definition) is 1. The Bertz CT molecular complexity index is 1170. The lowest BCUT2D eigenvalue weighted by molar-refractivity contribution is 0.0998. The van der Waals surface area contributed by atoms with Crippen LogP contribution in [-0.2, 0) is 0 Å². The molecule has 4 aromatic rings. The number of aromatic nitrogens is 1. The molecule has 132 valence electrons. The van der Waals surface area contributed by atoms with Gasteiger partial charge in [-0.25, -0.2) is 13.8 Å². The number of hydrogen-bond acceptors (Lipinski definition) is 5. The quantitative estimate of drug-likeness (QED) is 0.555. The molecule has 1 N–H and O–H groups in total. The molecular formula is C18H12F2N2O3S. The number of rotatable bonds is 3. The van der Waals surface area contributed by atoms with Crippen molar-refractivity contribution in [3.05, 3.63) is 53.3 Å². The summed E-state index contributed by atoms with van der Waals surface area (Å²) in [5.74, 6) is -1.21. The number of halogens is 2. The molecule has 2 heterocycles. The summed E-state index contributed by atoms with van der Waals surface area (Å²) < 4.78 is 38.2. The largest absolute Gasteiger partial charge is 0.497 e. The first kappa shape index (κ1) is 16.5. The van der Waals surface area contributed by atoms with Crippen molar-refractivity contribution in [2.45, 2.75) is 6.92 Å². The lowest BCUT2D eigenvalue weighted by atomic mass is 10.1. The lowest BCUT2D eigenvalue weighted by Crippen LogP contribution is -2.11. The normalized spacial score (nSPS) is 11.2. The highest BCUT2D eigenvalue weighted by atomic mass is 32.1. The van der Waals surface area contributed by atoms with Crippen LogP contribution in [0.4, 0.5) is 13.9 Å². The third-order valence-corrected chi connectivity index (χ3v) is 4.90. The van der Waals surface area contributed by atoms with Gasteiger partial charge in [-0.05, 0) is 31.2 Å². The number of furan rings is 1. The Hall–Kier alpha value is -3.00. The molecule has 0 aliphatic heterocycles. The van der Waals surface area contributed by atoms with Crippen molar-refractivity contribution in [3.8, 4) is 5.75 Å². The summed E-state index contributed by atoms with van der Waals surface area (Å²) in [7, 11) is 1.55. The molecule has 8 heteroatoms. The van der Waals surface area contributed by atoms with Gasteiger partial charge in [-0.15, -0.1) is 0 Å². The van der Waals surface area contributed by atoms with Gasteiger partial charge >= 0.3 is 0 Å². The fraction of sp³-hybridized carbons (Fsp3) is 0.111. The van der Waals surface area contributed by atoms with Gasteiger partial charge < -0.3 is 9.15 Å².